The van der Waals surface area contributed by atoms with Gasteiger partial charge in [0.1, 0.15) is 11.5 Å². The van der Waals surface area contributed by atoms with Gasteiger partial charge in [-0.15, -0.1) is 0 Å². The topological polar surface area (TPSA) is 42.2 Å². The van der Waals surface area contributed by atoms with Gasteiger partial charge in [0, 0.05) is 16.5 Å². The molecule has 25 heavy (non-hydrogen) atoms. The molecule has 0 saturated heterocycles. The number of amides is 1. The molecule has 2 heterocycles. The second kappa shape index (κ2) is 6.64. The molecule has 0 bridgehead atoms. The number of carbonyl (C=O) groups is 1. The second-order valence-corrected chi connectivity index (χ2v) is 7.29. The number of rotatable bonds is 2. The van der Waals surface area contributed by atoms with Crippen LogP contribution in [0.5, 0.6) is 0 Å². The molecule has 4 rings (SSSR count). The van der Waals surface area contributed by atoms with Crippen LogP contribution in [0.15, 0.2) is 68.8 Å². The summed E-state index contributed by atoms with van der Waals surface area (Å²) in [5.41, 5.74) is 1.65. The Morgan fingerprint density at radius 1 is 1.00 bits per heavy atom. The zero-order chi connectivity index (χ0) is 17.4. The maximum Gasteiger partial charge on any atom is 0.262 e. The Hall–Kier alpha value is -2.14. The third kappa shape index (κ3) is 3.33. The van der Waals surface area contributed by atoms with E-state index in [0.29, 0.717) is 26.5 Å². The van der Waals surface area contributed by atoms with Crippen LogP contribution in [0.25, 0.3) is 17.4 Å². The first-order valence-electron chi connectivity index (χ1n) is 7.45. The smallest absolute Gasteiger partial charge is 0.262 e. The first kappa shape index (κ1) is 16.3. The summed E-state index contributed by atoms with van der Waals surface area (Å²) in [5.74, 6) is 1.11. The quantitative estimate of drug-likeness (QED) is 0.521. The molecule has 0 spiro atoms. The van der Waals surface area contributed by atoms with E-state index in [-0.39, 0.29) is 5.91 Å². The predicted molar refractivity (Wildman–Crippen MR) is 103 cm³/mol. The summed E-state index contributed by atoms with van der Waals surface area (Å²) in [4.78, 5) is 13.8. The fourth-order valence-corrected chi connectivity index (χ4v) is 3.70. The molecule has 3 aromatic rings. The van der Waals surface area contributed by atoms with Gasteiger partial charge in [-0.2, -0.15) is 0 Å². The maximum atomic E-state index is 12.2. The van der Waals surface area contributed by atoms with Crippen molar-refractivity contribution in [3.05, 3.63) is 75.3 Å². The van der Waals surface area contributed by atoms with E-state index in [9.17, 15) is 4.79 Å². The molecule has 0 fully saturated rings. The van der Waals surface area contributed by atoms with Crippen LogP contribution in [0.1, 0.15) is 5.76 Å². The number of nitrogens with one attached hydrogen (secondary N) is 1. The molecule has 0 unspecified atom stereocenters. The van der Waals surface area contributed by atoms with E-state index in [1.165, 1.54) is 11.8 Å². The molecule has 0 saturated carbocycles. The molecule has 0 atom stereocenters. The highest BCUT2D eigenvalue weighted by Crippen LogP contribution is 2.39. The minimum Gasteiger partial charge on any atom is -0.457 e. The highest BCUT2D eigenvalue weighted by molar-refractivity contribution is 8.04. The predicted octanol–water partition coefficient (Wildman–Crippen LogP) is 6.34. The average Bonchev–Trinajstić information content (AvgIpc) is 3.06. The maximum absolute atomic E-state index is 12.2. The summed E-state index contributed by atoms with van der Waals surface area (Å²) in [5, 5.41) is 3.84. The lowest BCUT2D eigenvalue weighted by Crippen LogP contribution is -2.16. The summed E-state index contributed by atoms with van der Waals surface area (Å²) in [6.07, 6.45) is 1.73. The monoisotopic (exact) mass is 387 g/mol. The number of halogens is 2. The van der Waals surface area contributed by atoms with Gasteiger partial charge in [0.15, 0.2) is 0 Å². The number of benzene rings is 2. The Balaban J connectivity index is 1.63. The Kier molecular flexibility index (Phi) is 4.34. The Labute approximate surface area is 158 Å². The first-order chi connectivity index (χ1) is 12.1. The number of anilines is 1. The number of para-hydroxylation sites is 1. The van der Waals surface area contributed by atoms with Crippen molar-refractivity contribution in [2.45, 2.75) is 4.90 Å². The molecule has 0 aliphatic carbocycles. The lowest BCUT2D eigenvalue weighted by molar-refractivity contribution is -0.112. The van der Waals surface area contributed by atoms with Gasteiger partial charge in [-0.05, 0) is 42.5 Å². The molecule has 124 valence electrons. The highest BCUT2D eigenvalue weighted by Gasteiger charge is 2.21. The van der Waals surface area contributed by atoms with Crippen molar-refractivity contribution in [2.24, 2.45) is 0 Å². The molecule has 1 amide bonds. The molecule has 1 aliphatic heterocycles. The fourth-order valence-electron chi connectivity index (χ4n) is 2.47. The van der Waals surface area contributed by atoms with Crippen LogP contribution in [0.2, 0.25) is 10.0 Å². The van der Waals surface area contributed by atoms with Crippen molar-refractivity contribution in [3.63, 3.8) is 0 Å². The van der Waals surface area contributed by atoms with E-state index < -0.39 is 0 Å². The lowest BCUT2D eigenvalue weighted by atomic mass is 10.2. The van der Waals surface area contributed by atoms with Gasteiger partial charge < -0.3 is 9.73 Å². The number of furan rings is 1. The highest BCUT2D eigenvalue weighted by atomic mass is 35.5. The normalized spacial score (nSPS) is 15.1. The Morgan fingerprint density at radius 3 is 2.68 bits per heavy atom. The number of hydrogen-bond donors (Lipinski definition) is 1. The van der Waals surface area contributed by atoms with E-state index in [1.807, 2.05) is 42.5 Å². The lowest BCUT2D eigenvalue weighted by Gasteiger charge is -2.17. The van der Waals surface area contributed by atoms with Crippen molar-refractivity contribution in [3.8, 4) is 11.3 Å². The molecule has 6 heteroatoms. The molecular weight excluding hydrogens is 377 g/mol. The molecule has 3 nitrogen and oxygen atoms in total. The Bertz CT molecular complexity index is 1010. The van der Waals surface area contributed by atoms with Gasteiger partial charge in [-0.25, -0.2) is 0 Å². The zero-order valence-electron chi connectivity index (χ0n) is 12.8. The number of hydrogen-bond acceptors (Lipinski definition) is 3. The van der Waals surface area contributed by atoms with Crippen LogP contribution in [-0.2, 0) is 4.79 Å². The van der Waals surface area contributed by atoms with Crippen molar-refractivity contribution < 1.29 is 9.21 Å². The van der Waals surface area contributed by atoms with E-state index in [4.69, 9.17) is 27.6 Å². The zero-order valence-corrected chi connectivity index (χ0v) is 15.1. The van der Waals surface area contributed by atoms with Crippen LogP contribution in [0, 0.1) is 0 Å². The summed E-state index contributed by atoms with van der Waals surface area (Å²) in [7, 11) is 0. The second-order valence-electron chi connectivity index (χ2n) is 5.39. The number of thioether (sulfide) groups is 1. The number of fused-ring (bicyclic) bond motifs is 1. The molecule has 1 aromatic heterocycles. The van der Waals surface area contributed by atoms with E-state index in [0.717, 1.165) is 16.1 Å². The fraction of sp³-hybridized carbons (Fsp3) is 0. The van der Waals surface area contributed by atoms with E-state index in [1.54, 1.807) is 18.2 Å². The number of carbonyl (C=O) groups excluding carboxylic acids is 1. The molecule has 0 radical (unpaired) electrons. The average molecular weight is 388 g/mol. The summed E-state index contributed by atoms with van der Waals surface area (Å²) in [6, 6.07) is 16.6. The molecule has 1 aliphatic rings. The molecule has 2 aromatic carbocycles. The largest absolute Gasteiger partial charge is 0.457 e. The van der Waals surface area contributed by atoms with Crippen molar-refractivity contribution in [1.82, 2.24) is 0 Å². The van der Waals surface area contributed by atoms with Gasteiger partial charge in [-0.1, -0.05) is 47.1 Å². The van der Waals surface area contributed by atoms with Crippen LogP contribution in [-0.4, -0.2) is 5.91 Å². The van der Waals surface area contributed by atoms with E-state index >= 15 is 0 Å². The minimum absolute atomic E-state index is 0.142. The molecular formula is C19H11Cl2NO2S. The van der Waals surface area contributed by atoms with Gasteiger partial charge in [0.2, 0.25) is 0 Å². The summed E-state index contributed by atoms with van der Waals surface area (Å²) >= 11 is 13.4. The van der Waals surface area contributed by atoms with Crippen LogP contribution < -0.4 is 5.32 Å². The van der Waals surface area contributed by atoms with Crippen LogP contribution >= 0.6 is 35.0 Å². The van der Waals surface area contributed by atoms with Crippen molar-refractivity contribution in [2.75, 3.05) is 5.32 Å². The summed E-state index contributed by atoms with van der Waals surface area (Å²) < 4.78 is 5.83. The summed E-state index contributed by atoms with van der Waals surface area (Å²) in [6.45, 7) is 0. The third-order valence-corrected chi connectivity index (χ3v) is 5.52. The Morgan fingerprint density at radius 2 is 1.84 bits per heavy atom. The minimum atomic E-state index is -0.142. The van der Waals surface area contributed by atoms with Crippen LogP contribution in [0.3, 0.4) is 0 Å². The van der Waals surface area contributed by atoms with Crippen molar-refractivity contribution >= 4 is 52.6 Å². The van der Waals surface area contributed by atoms with Crippen LogP contribution in [0.4, 0.5) is 5.69 Å². The first-order valence-corrected chi connectivity index (χ1v) is 9.02. The SMILES string of the molecule is O=C1Nc2ccccc2S/C1=C\c1ccc(-c2ccc(Cl)c(Cl)c2)o1. The van der Waals surface area contributed by atoms with Crippen molar-refractivity contribution in [1.29, 1.82) is 0 Å². The van der Waals surface area contributed by atoms with Gasteiger partial charge in [-0.3, -0.25) is 4.79 Å². The van der Waals surface area contributed by atoms with Gasteiger partial charge in [0.05, 0.1) is 20.6 Å². The molecule has 1 N–H and O–H groups in total. The third-order valence-electron chi connectivity index (χ3n) is 3.68. The van der Waals surface area contributed by atoms with Gasteiger partial charge in [0.25, 0.3) is 5.91 Å². The van der Waals surface area contributed by atoms with Gasteiger partial charge >= 0.3 is 0 Å². The van der Waals surface area contributed by atoms with E-state index in [2.05, 4.69) is 5.32 Å². The standard InChI is InChI=1S/C19H11Cl2NO2S/c20-13-7-5-11(9-14(13)21)16-8-6-12(24-16)10-18-19(23)22-15-3-1-2-4-17(15)25-18/h1-10H,(H,22,23)/b18-10-.